The number of hydrogen-bond donors (Lipinski definition) is 2. The zero-order valence-corrected chi connectivity index (χ0v) is 9.19. The molecule has 2 rings (SSSR count). The highest BCUT2D eigenvalue weighted by molar-refractivity contribution is 5.38. The van der Waals surface area contributed by atoms with Crippen LogP contribution in [0.25, 0.3) is 0 Å². The van der Waals surface area contributed by atoms with Gasteiger partial charge in [-0.05, 0) is 37.3 Å². The number of nitriles is 1. The van der Waals surface area contributed by atoms with E-state index in [-0.39, 0.29) is 0 Å². The first kappa shape index (κ1) is 10.9. The summed E-state index contributed by atoms with van der Waals surface area (Å²) in [5.41, 5.74) is 6.44. The van der Waals surface area contributed by atoms with E-state index in [1.165, 1.54) is 6.42 Å². The van der Waals surface area contributed by atoms with Crippen molar-refractivity contribution in [2.24, 2.45) is 11.7 Å². The zero-order valence-electron chi connectivity index (χ0n) is 9.19. The van der Waals surface area contributed by atoms with Crippen molar-refractivity contribution in [1.82, 2.24) is 4.98 Å². The van der Waals surface area contributed by atoms with Gasteiger partial charge in [-0.1, -0.05) is 0 Å². The van der Waals surface area contributed by atoms with Crippen LogP contribution in [-0.2, 0) is 0 Å². The maximum Gasteiger partial charge on any atom is 0.125 e. The zero-order chi connectivity index (χ0) is 11.4. The molecule has 0 unspecified atom stereocenters. The summed E-state index contributed by atoms with van der Waals surface area (Å²) in [6.07, 6.45) is 5.02. The molecule has 0 spiro atoms. The monoisotopic (exact) mass is 216 g/mol. The van der Waals surface area contributed by atoms with Gasteiger partial charge in [0.2, 0.25) is 0 Å². The molecule has 1 fully saturated rings. The standard InChI is InChI=1S/C12H16N4/c13-6-10-2-4-12(16-8-10)15-7-9-1-3-11(14)5-9/h2,4,8-9,11H,1,3,5,7,14H2,(H,15,16)/t9-,11+/m0/s1. The van der Waals surface area contributed by atoms with Crippen LogP contribution >= 0.6 is 0 Å². The summed E-state index contributed by atoms with van der Waals surface area (Å²) >= 11 is 0. The minimum Gasteiger partial charge on any atom is -0.370 e. The van der Waals surface area contributed by atoms with Gasteiger partial charge in [-0.3, -0.25) is 0 Å². The first-order chi connectivity index (χ1) is 7.78. The molecule has 16 heavy (non-hydrogen) atoms. The molecule has 0 aliphatic heterocycles. The average Bonchev–Trinajstić information content (AvgIpc) is 2.73. The fourth-order valence-electron chi connectivity index (χ4n) is 2.11. The van der Waals surface area contributed by atoms with Crippen LogP contribution in [0.2, 0.25) is 0 Å². The van der Waals surface area contributed by atoms with Crippen LogP contribution in [0.1, 0.15) is 24.8 Å². The number of hydrogen-bond acceptors (Lipinski definition) is 4. The van der Waals surface area contributed by atoms with Crippen molar-refractivity contribution in [3.63, 3.8) is 0 Å². The SMILES string of the molecule is N#Cc1ccc(NC[C@H]2CC[C@@H](N)C2)nc1. The van der Waals surface area contributed by atoms with Crippen LogP contribution in [0.15, 0.2) is 18.3 Å². The van der Waals surface area contributed by atoms with Crippen LogP contribution in [-0.4, -0.2) is 17.6 Å². The van der Waals surface area contributed by atoms with Crippen LogP contribution < -0.4 is 11.1 Å². The molecule has 1 aromatic heterocycles. The highest BCUT2D eigenvalue weighted by atomic mass is 15.0. The van der Waals surface area contributed by atoms with E-state index < -0.39 is 0 Å². The van der Waals surface area contributed by atoms with Crippen molar-refractivity contribution in [3.05, 3.63) is 23.9 Å². The van der Waals surface area contributed by atoms with Gasteiger partial charge in [0.25, 0.3) is 0 Å². The summed E-state index contributed by atoms with van der Waals surface area (Å²) < 4.78 is 0. The maximum atomic E-state index is 8.64. The fourth-order valence-corrected chi connectivity index (χ4v) is 2.11. The lowest BCUT2D eigenvalue weighted by atomic mass is 10.1. The van der Waals surface area contributed by atoms with Crippen molar-refractivity contribution >= 4 is 5.82 Å². The minimum atomic E-state index is 0.376. The lowest BCUT2D eigenvalue weighted by molar-refractivity contribution is 0.565. The number of nitrogens with zero attached hydrogens (tertiary/aromatic N) is 2. The van der Waals surface area contributed by atoms with Crippen molar-refractivity contribution < 1.29 is 0 Å². The highest BCUT2D eigenvalue weighted by Crippen LogP contribution is 2.24. The number of pyridine rings is 1. The van der Waals surface area contributed by atoms with Gasteiger partial charge < -0.3 is 11.1 Å². The molecule has 2 atom stereocenters. The number of nitrogens with one attached hydrogen (secondary N) is 1. The van der Waals surface area contributed by atoms with Gasteiger partial charge in [-0.15, -0.1) is 0 Å². The Morgan fingerprint density at radius 2 is 2.38 bits per heavy atom. The first-order valence-corrected chi connectivity index (χ1v) is 5.63. The second-order valence-corrected chi connectivity index (χ2v) is 4.36. The molecule has 1 aliphatic carbocycles. The number of aromatic nitrogens is 1. The predicted molar refractivity (Wildman–Crippen MR) is 62.8 cm³/mol. The van der Waals surface area contributed by atoms with E-state index in [0.717, 1.165) is 25.2 Å². The summed E-state index contributed by atoms with van der Waals surface area (Å²) in [4.78, 5) is 4.16. The third-order valence-corrected chi connectivity index (χ3v) is 3.05. The second kappa shape index (κ2) is 4.95. The van der Waals surface area contributed by atoms with Gasteiger partial charge in [0.05, 0.1) is 5.56 Å². The molecule has 4 heteroatoms. The fraction of sp³-hybridized carbons (Fsp3) is 0.500. The van der Waals surface area contributed by atoms with Crippen molar-refractivity contribution in [2.75, 3.05) is 11.9 Å². The molecule has 1 saturated carbocycles. The summed E-state index contributed by atoms with van der Waals surface area (Å²) in [6.45, 7) is 0.923. The normalized spacial score (nSPS) is 24.0. The summed E-state index contributed by atoms with van der Waals surface area (Å²) in [5, 5.41) is 11.9. The van der Waals surface area contributed by atoms with E-state index in [9.17, 15) is 0 Å². The molecule has 1 heterocycles. The number of rotatable bonds is 3. The summed E-state index contributed by atoms with van der Waals surface area (Å²) in [7, 11) is 0. The lowest BCUT2D eigenvalue weighted by Crippen LogP contribution is -2.17. The van der Waals surface area contributed by atoms with Crippen LogP contribution in [0.5, 0.6) is 0 Å². The van der Waals surface area contributed by atoms with E-state index in [0.29, 0.717) is 17.5 Å². The molecule has 4 nitrogen and oxygen atoms in total. The topological polar surface area (TPSA) is 74.7 Å². The molecule has 0 amide bonds. The Morgan fingerprint density at radius 1 is 1.50 bits per heavy atom. The molecule has 0 saturated heterocycles. The van der Waals surface area contributed by atoms with Crippen molar-refractivity contribution in [2.45, 2.75) is 25.3 Å². The van der Waals surface area contributed by atoms with Gasteiger partial charge in [0.15, 0.2) is 0 Å². The van der Waals surface area contributed by atoms with E-state index in [4.69, 9.17) is 11.0 Å². The van der Waals surface area contributed by atoms with Crippen LogP contribution in [0.4, 0.5) is 5.82 Å². The number of nitrogens with two attached hydrogens (primary N) is 1. The van der Waals surface area contributed by atoms with Gasteiger partial charge in [0, 0.05) is 18.8 Å². The molecular formula is C12H16N4. The molecule has 84 valence electrons. The maximum absolute atomic E-state index is 8.64. The molecular weight excluding hydrogens is 200 g/mol. The number of anilines is 1. The third kappa shape index (κ3) is 2.71. The van der Waals surface area contributed by atoms with Gasteiger partial charge >= 0.3 is 0 Å². The Labute approximate surface area is 95.5 Å². The summed E-state index contributed by atoms with van der Waals surface area (Å²) in [6, 6.07) is 6.04. The third-order valence-electron chi connectivity index (χ3n) is 3.05. The van der Waals surface area contributed by atoms with Gasteiger partial charge in [-0.25, -0.2) is 4.98 Å². The Morgan fingerprint density at radius 3 is 2.94 bits per heavy atom. The van der Waals surface area contributed by atoms with E-state index in [2.05, 4.69) is 16.4 Å². The van der Waals surface area contributed by atoms with Crippen LogP contribution in [0, 0.1) is 17.2 Å². The first-order valence-electron chi connectivity index (χ1n) is 5.63. The Kier molecular flexibility index (Phi) is 3.37. The average molecular weight is 216 g/mol. The van der Waals surface area contributed by atoms with E-state index in [1.807, 2.05) is 6.07 Å². The molecule has 0 radical (unpaired) electrons. The minimum absolute atomic E-state index is 0.376. The molecule has 1 aliphatic rings. The smallest absolute Gasteiger partial charge is 0.125 e. The van der Waals surface area contributed by atoms with E-state index in [1.54, 1.807) is 12.3 Å². The largest absolute Gasteiger partial charge is 0.370 e. The lowest BCUT2D eigenvalue weighted by Gasteiger charge is -2.11. The van der Waals surface area contributed by atoms with Gasteiger partial charge in [0.1, 0.15) is 11.9 Å². The second-order valence-electron chi connectivity index (χ2n) is 4.36. The van der Waals surface area contributed by atoms with Gasteiger partial charge in [-0.2, -0.15) is 5.26 Å². The molecule has 3 N–H and O–H groups in total. The Bertz CT molecular complexity index is 379. The predicted octanol–water partition coefficient (Wildman–Crippen LogP) is 1.49. The van der Waals surface area contributed by atoms with Crippen molar-refractivity contribution in [1.29, 1.82) is 5.26 Å². The van der Waals surface area contributed by atoms with E-state index >= 15 is 0 Å². The molecule has 1 aromatic rings. The molecule has 0 bridgehead atoms. The van der Waals surface area contributed by atoms with Crippen LogP contribution in [0.3, 0.4) is 0 Å². The Balaban J connectivity index is 1.83. The molecule has 0 aromatic carbocycles. The Hall–Kier alpha value is -1.60. The quantitative estimate of drug-likeness (QED) is 0.802. The summed E-state index contributed by atoms with van der Waals surface area (Å²) in [5.74, 6) is 1.49. The van der Waals surface area contributed by atoms with Crippen molar-refractivity contribution in [3.8, 4) is 6.07 Å². The highest BCUT2D eigenvalue weighted by Gasteiger charge is 2.21.